The summed E-state index contributed by atoms with van der Waals surface area (Å²) in [5, 5.41) is 7.21. The maximum Gasteiger partial charge on any atom is 0.245 e. The molecule has 1 heterocycles. The zero-order chi connectivity index (χ0) is 9.68. The highest BCUT2D eigenvalue weighted by molar-refractivity contribution is 7.13. The van der Waals surface area contributed by atoms with Crippen LogP contribution in [-0.2, 0) is 9.59 Å². The van der Waals surface area contributed by atoms with Crippen LogP contribution in [0.15, 0.2) is 11.6 Å². The highest BCUT2D eigenvalue weighted by Crippen LogP contribution is 2.09. The summed E-state index contributed by atoms with van der Waals surface area (Å²) in [5.74, 6) is -0.501. The number of anilines is 1. The first-order valence-electron chi connectivity index (χ1n) is 3.62. The molecule has 0 spiro atoms. The van der Waals surface area contributed by atoms with Crippen LogP contribution in [0.3, 0.4) is 0 Å². The summed E-state index contributed by atoms with van der Waals surface area (Å²) in [7, 11) is 0. The van der Waals surface area contributed by atoms with E-state index in [1.807, 2.05) is 0 Å². The molecule has 0 aliphatic rings. The molecule has 0 aromatic carbocycles. The van der Waals surface area contributed by atoms with Gasteiger partial charge in [0.15, 0.2) is 5.13 Å². The Hall–Kier alpha value is -1.43. The Balaban J connectivity index is 2.30. The predicted octanol–water partition coefficient (Wildman–Crippen LogP) is 0.218. The van der Waals surface area contributed by atoms with E-state index in [4.69, 9.17) is 0 Å². The lowest BCUT2D eigenvalue weighted by molar-refractivity contribution is -0.122. The Morgan fingerprint density at radius 1 is 1.62 bits per heavy atom. The summed E-state index contributed by atoms with van der Waals surface area (Å²) in [4.78, 5) is 25.4. The summed E-state index contributed by atoms with van der Waals surface area (Å²) < 4.78 is 0. The first-order chi connectivity index (χ1) is 6.18. The van der Waals surface area contributed by atoms with Crippen molar-refractivity contribution < 1.29 is 9.59 Å². The Kier molecular flexibility index (Phi) is 3.39. The van der Waals surface area contributed by atoms with Crippen molar-refractivity contribution in [2.75, 3.05) is 11.9 Å². The fraction of sp³-hybridized carbons (Fsp3) is 0.286. The van der Waals surface area contributed by atoms with Crippen molar-refractivity contribution in [2.24, 2.45) is 0 Å². The molecule has 0 saturated heterocycles. The van der Waals surface area contributed by atoms with E-state index in [2.05, 4.69) is 15.6 Å². The average Bonchev–Trinajstić information content (AvgIpc) is 2.53. The molecule has 1 rings (SSSR count). The largest absolute Gasteiger partial charge is 0.347 e. The third-order valence-corrected chi connectivity index (χ3v) is 1.87. The van der Waals surface area contributed by atoms with E-state index in [1.54, 1.807) is 11.6 Å². The Morgan fingerprint density at radius 2 is 2.38 bits per heavy atom. The number of hydrogen-bond donors (Lipinski definition) is 2. The normalized spacial score (nSPS) is 9.31. The minimum absolute atomic E-state index is 0.0189. The molecule has 70 valence electrons. The third-order valence-electron chi connectivity index (χ3n) is 1.18. The van der Waals surface area contributed by atoms with Crippen LogP contribution in [0.1, 0.15) is 6.92 Å². The van der Waals surface area contributed by atoms with Gasteiger partial charge in [-0.05, 0) is 0 Å². The van der Waals surface area contributed by atoms with Crippen LogP contribution < -0.4 is 10.6 Å². The molecule has 0 radical (unpaired) electrons. The van der Waals surface area contributed by atoms with Gasteiger partial charge in [0.05, 0.1) is 6.54 Å². The fourth-order valence-electron chi connectivity index (χ4n) is 0.653. The predicted molar refractivity (Wildman–Crippen MR) is 49.4 cm³/mol. The molecule has 5 nitrogen and oxygen atoms in total. The summed E-state index contributed by atoms with van der Waals surface area (Å²) in [6.45, 7) is 1.34. The van der Waals surface area contributed by atoms with Gasteiger partial charge in [-0.3, -0.25) is 9.59 Å². The van der Waals surface area contributed by atoms with Crippen LogP contribution in [0.5, 0.6) is 0 Å². The van der Waals surface area contributed by atoms with Crippen molar-refractivity contribution >= 4 is 28.3 Å². The van der Waals surface area contributed by atoms with Crippen molar-refractivity contribution in [3.05, 3.63) is 11.6 Å². The number of rotatable bonds is 3. The van der Waals surface area contributed by atoms with E-state index in [0.29, 0.717) is 5.13 Å². The number of amides is 2. The zero-order valence-electron chi connectivity index (χ0n) is 7.03. The Labute approximate surface area is 79.2 Å². The Bertz CT molecular complexity index is 297. The first-order valence-corrected chi connectivity index (χ1v) is 4.50. The SMILES string of the molecule is CC(=O)NCC(=O)Nc1nccs1. The van der Waals surface area contributed by atoms with E-state index < -0.39 is 0 Å². The van der Waals surface area contributed by atoms with Gasteiger partial charge in [0.2, 0.25) is 11.8 Å². The van der Waals surface area contributed by atoms with Crippen LogP contribution in [0.2, 0.25) is 0 Å². The lowest BCUT2D eigenvalue weighted by atomic mass is 10.5. The highest BCUT2D eigenvalue weighted by atomic mass is 32.1. The molecular formula is C7H9N3O2S. The molecule has 0 unspecified atom stereocenters. The molecular weight excluding hydrogens is 190 g/mol. The van der Waals surface area contributed by atoms with Gasteiger partial charge in [0.25, 0.3) is 0 Å². The average molecular weight is 199 g/mol. The van der Waals surface area contributed by atoms with Crippen LogP contribution in [-0.4, -0.2) is 23.3 Å². The second-order valence-corrected chi connectivity index (χ2v) is 3.19. The van der Waals surface area contributed by atoms with Crippen molar-refractivity contribution in [2.45, 2.75) is 6.92 Å². The molecule has 2 N–H and O–H groups in total. The highest BCUT2D eigenvalue weighted by Gasteiger charge is 2.03. The first kappa shape index (κ1) is 9.66. The number of aromatic nitrogens is 1. The van der Waals surface area contributed by atoms with Crippen LogP contribution in [0, 0.1) is 0 Å². The maximum atomic E-state index is 11.1. The number of thiazole rings is 1. The smallest absolute Gasteiger partial charge is 0.245 e. The van der Waals surface area contributed by atoms with Gasteiger partial charge in [-0.1, -0.05) is 0 Å². The Morgan fingerprint density at radius 3 is 2.92 bits per heavy atom. The van der Waals surface area contributed by atoms with Crippen molar-refractivity contribution in [1.82, 2.24) is 10.3 Å². The van der Waals surface area contributed by atoms with Gasteiger partial charge in [0, 0.05) is 18.5 Å². The van der Waals surface area contributed by atoms with Gasteiger partial charge in [-0.15, -0.1) is 11.3 Å². The van der Waals surface area contributed by atoms with E-state index in [1.165, 1.54) is 18.3 Å². The molecule has 0 atom stereocenters. The molecule has 0 aliphatic heterocycles. The number of hydrogen-bond acceptors (Lipinski definition) is 4. The van der Waals surface area contributed by atoms with Crippen LogP contribution >= 0.6 is 11.3 Å². The lowest BCUT2D eigenvalue weighted by Crippen LogP contribution is -2.31. The van der Waals surface area contributed by atoms with E-state index in [0.717, 1.165) is 0 Å². The second kappa shape index (κ2) is 4.56. The molecule has 13 heavy (non-hydrogen) atoms. The second-order valence-electron chi connectivity index (χ2n) is 2.30. The van der Waals surface area contributed by atoms with Crippen LogP contribution in [0.25, 0.3) is 0 Å². The lowest BCUT2D eigenvalue weighted by Gasteiger charge is -2.01. The summed E-state index contributed by atoms with van der Waals surface area (Å²) in [6, 6.07) is 0. The standard InChI is InChI=1S/C7H9N3O2S/c1-5(11)9-4-6(12)10-7-8-2-3-13-7/h2-3H,4H2,1H3,(H,9,11)(H,8,10,12). The molecule has 0 aliphatic carbocycles. The van der Waals surface area contributed by atoms with Crippen LogP contribution in [0.4, 0.5) is 5.13 Å². The van der Waals surface area contributed by atoms with Gasteiger partial charge in [-0.2, -0.15) is 0 Å². The minimum Gasteiger partial charge on any atom is -0.347 e. The topological polar surface area (TPSA) is 71.1 Å². The number of nitrogens with one attached hydrogen (secondary N) is 2. The summed E-state index contributed by atoms with van der Waals surface area (Å²) >= 11 is 1.33. The third kappa shape index (κ3) is 3.66. The van der Waals surface area contributed by atoms with E-state index in [-0.39, 0.29) is 18.4 Å². The van der Waals surface area contributed by atoms with Gasteiger partial charge in [0.1, 0.15) is 0 Å². The minimum atomic E-state index is -0.273. The van der Waals surface area contributed by atoms with E-state index in [9.17, 15) is 9.59 Å². The molecule has 6 heteroatoms. The maximum absolute atomic E-state index is 11.1. The zero-order valence-corrected chi connectivity index (χ0v) is 7.85. The molecule has 1 aromatic heterocycles. The van der Waals surface area contributed by atoms with Crippen molar-refractivity contribution in [3.63, 3.8) is 0 Å². The summed E-state index contributed by atoms with van der Waals surface area (Å²) in [5.41, 5.74) is 0. The van der Waals surface area contributed by atoms with E-state index >= 15 is 0 Å². The fourth-order valence-corrected chi connectivity index (χ4v) is 1.20. The quantitative estimate of drug-likeness (QED) is 0.731. The van der Waals surface area contributed by atoms with Gasteiger partial charge >= 0.3 is 0 Å². The number of carbonyl (C=O) groups excluding carboxylic acids is 2. The monoisotopic (exact) mass is 199 g/mol. The van der Waals surface area contributed by atoms with Gasteiger partial charge < -0.3 is 10.6 Å². The molecule has 0 saturated carbocycles. The number of carbonyl (C=O) groups is 2. The van der Waals surface area contributed by atoms with Crippen molar-refractivity contribution in [3.8, 4) is 0 Å². The molecule has 2 amide bonds. The van der Waals surface area contributed by atoms with Gasteiger partial charge in [-0.25, -0.2) is 4.98 Å². The number of nitrogens with zero attached hydrogens (tertiary/aromatic N) is 1. The van der Waals surface area contributed by atoms with Crippen molar-refractivity contribution in [1.29, 1.82) is 0 Å². The summed E-state index contributed by atoms with van der Waals surface area (Å²) in [6.07, 6.45) is 1.60. The molecule has 0 bridgehead atoms. The molecule has 1 aromatic rings. The molecule has 0 fully saturated rings.